The summed E-state index contributed by atoms with van der Waals surface area (Å²) in [5.41, 5.74) is 1.21. The predicted octanol–water partition coefficient (Wildman–Crippen LogP) is 1.84. The molecule has 0 saturated carbocycles. The second kappa shape index (κ2) is 8.54. The van der Waals surface area contributed by atoms with Gasteiger partial charge >= 0.3 is 0 Å². The first kappa shape index (κ1) is 18.0. The first-order valence-corrected chi connectivity index (χ1v) is 9.19. The molecule has 6 nitrogen and oxygen atoms in total. The first-order chi connectivity index (χ1) is 12.1. The average molecular weight is 347 g/mol. The topological polar surface area (TPSA) is 54.0 Å². The van der Waals surface area contributed by atoms with Gasteiger partial charge in [-0.05, 0) is 64.0 Å². The van der Waals surface area contributed by atoms with Crippen LogP contribution in [0.2, 0.25) is 0 Å². The lowest BCUT2D eigenvalue weighted by Gasteiger charge is -2.25. The average Bonchev–Trinajstić information content (AvgIpc) is 3.28. The summed E-state index contributed by atoms with van der Waals surface area (Å²) >= 11 is 0. The molecule has 1 N–H and O–H groups in total. The van der Waals surface area contributed by atoms with Crippen molar-refractivity contribution in [1.29, 1.82) is 0 Å². The van der Waals surface area contributed by atoms with E-state index < -0.39 is 0 Å². The number of nitrogens with one attached hydrogen (secondary N) is 1. The van der Waals surface area contributed by atoms with E-state index in [4.69, 9.17) is 9.47 Å². The second-order valence-electron chi connectivity index (χ2n) is 7.05. The zero-order valence-electron chi connectivity index (χ0n) is 15.3. The van der Waals surface area contributed by atoms with Crippen molar-refractivity contribution < 1.29 is 14.3 Å². The van der Waals surface area contributed by atoms with Crippen LogP contribution in [0.25, 0.3) is 0 Å². The van der Waals surface area contributed by atoms with Crippen molar-refractivity contribution in [3.63, 3.8) is 0 Å². The molecule has 2 aliphatic heterocycles. The van der Waals surface area contributed by atoms with Crippen molar-refractivity contribution >= 4 is 5.91 Å². The molecular formula is C19H29N3O3. The monoisotopic (exact) mass is 347 g/mol. The zero-order chi connectivity index (χ0) is 17.6. The van der Waals surface area contributed by atoms with Gasteiger partial charge in [-0.3, -0.25) is 9.69 Å². The number of benzene rings is 1. The summed E-state index contributed by atoms with van der Waals surface area (Å²) in [7, 11) is 2.04. The Morgan fingerprint density at radius 1 is 1.28 bits per heavy atom. The molecule has 2 aliphatic rings. The molecule has 1 aromatic carbocycles. The van der Waals surface area contributed by atoms with Crippen LogP contribution in [0, 0.1) is 0 Å². The quantitative estimate of drug-likeness (QED) is 0.727. The molecule has 1 amide bonds. The minimum atomic E-state index is 0.133. The molecule has 1 atom stereocenters. The van der Waals surface area contributed by atoms with Crippen molar-refractivity contribution in [2.45, 2.75) is 38.6 Å². The fourth-order valence-electron chi connectivity index (χ4n) is 3.29. The summed E-state index contributed by atoms with van der Waals surface area (Å²) < 4.78 is 10.8. The molecule has 1 aromatic rings. The third kappa shape index (κ3) is 5.09. The van der Waals surface area contributed by atoms with Gasteiger partial charge in [0, 0.05) is 19.0 Å². The van der Waals surface area contributed by atoms with E-state index in [9.17, 15) is 4.79 Å². The van der Waals surface area contributed by atoms with Gasteiger partial charge in [0.05, 0.1) is 6.67 Å². The number of hydrogen-bond acceptors (Lipinski definition) is 5. The van der Waals surface area contributed by atoms with Crippen molar-refractivity contribution in [2.75, 3.05) is 40.1 Å². The minimum Gasteiger partial charge on any atom is -0.454 e. The van der Waals surface area contributed by atoms with E-state index in [0.717, 1.165) is 37.6 Å². The SMILES string of the molecule is CC(Cc1ccc2c(c1)OCO2)N(C)CNC(=O)CCN1CCCC1. The lowest BCUT2D eigenvalue weighted by Crippen LogP contribution is -2.41. The second-order valence-corrected chi connectivity index (χ2v) is 7.05. The molecule has 138 valence electrons. The van der Waals surface area contributed by atoms with E-state index in [1.165, 1.54) is 18.4 Å². The summed E-state index contributed by atoms with van der Waals surface area (Å²) in [6.07, 6.45) is 4.02. The van der Waals surface area contributed by atoms with E-state index in [1.807, 2.05) is 19.2 Å². The van der Waals surface area contributed by atoms with Crippen molar-refractivity contribution in [3.8, 4) is 11.5 Å². The van der Waals surface area contributed by atoms with Gasteiger partial charge in [-0.2, -0.15) is 0 Å². The highest BCUT2D eigenvalue weighted by Crippen LogP contribution is 2.32. The lowest BCUT2D eigenvalue weighted by molar-refractivity contribution is -0.122. The van der Waals surface area contributed by atoms with Gasteiger partial charge in [-0.25, -0.2) is 0 Å². The van der Waals surface area contributed by atoms with Gasteiger partial charge in [0.25, 0.3) is 0 Å². The third-order valence-corrected chi connectivity index (χ3v) is 5.10. The number of carbonyl (C=O) groups is 1. The summed E-state index contributed by atoms with van der Waals surface area (Å²) in [5.74, 6) is 1.77. The molecule has 2 heterocycles. The van der Waals surface area contributed by atoms with Crippen LogP contribution in [0.15, 0.2) is 18.2 Å². The molecular weight excluding hydrogens is 318 g/mol. The Morgan fingerprint density at radius 2 is 2.04 bits per heavy atom. The van der Waals surface area contributed by atoms with Gasteiger partial charge in [0.2, 0.25) is 12.7 Å². The number of rotatable bonds is 8. The van der Waals surface area contributed by atoms with Crippen LogP contribution in [0.4, 0.5) is 0 Å². The van der Waals surface area contributed by atoms with Crippen LogP contribution in [0.1, 0.15) is 31.7 Å². The number of likely N-dealkylation sites (tertiary alicyclic amines) is 1. The number of ether oxygens (including phenoxy) is 2. The number of carbonyl (C=O) groups excluding carboxylic acids is 1. The predicted molar refractivity (Wildman–Crippen MR) is 96.8 cm³/mol. The Hall–Kier alpha value is -1.79. The Kier molecular flexibility index (Phi) is 6.15. The standard InChI is InChI=1S/C19H29N3O3/c1-15(11-16-5-6-17-18(12-16)25-14-24-17)21(2)13-20-19(23)7-10-22-8-3-4-9-22/h5-6,12,15H,3-4,7-11,13-14H2,1-2H3,(H,20,23). The summed E-state index contributed by atoms with van der Waals surface area (Å²) in [6.45, 7) is 6.20. The smallest absolute Gasteiger partial charge is 0.231 e. The van der Waals surface area contributed by atoms with Crippen molar-refractivity contribution in [1.82, 2.24) is 15.1 Å². The molecule has 0 spiro atoms. The highest BCUT2D eigenvalue weighted by atomic mass is 16.7. The maximum absolute atomic E-state index is 12.0. The highest BCUT2D eigenvalue weighted by molar-refractivity contribution is 5.75. The van der Waals surface area contributed by atoms with Crippen LogP contribution in [0.5, 0.6) is 11.5 Å². The number of likely N-dealkylation sites (N-methyl/N-ethyl adjacent to an activating group) is 1. The Bertz CT molecular complexity index is 587. The lowest BCUT2D eigenvalue weighted by atomic mass is 10.1. The van der Waals surface area contributed by atoms with Gasteiger partial charge in [0.1, 0.15) is 0 Å². The minimum absolute atomic E-state index is 0.133. The molecule has 25 heavy (non-hydrogen) atoms. The van der Waals surface area contributed by atoms with Crippen LogP contribution < -0.4 is 14.8 Å². The third-order valence-electron chi connectivity index (χ3n) is 5.10. The van der Waals surface area contributed by atoms with E-state index in [-0.39, 0.29) is 5.91 Å². The van der Waals surface area contributed by atoms with Gasteiger partial charge in [-0.1, -0.05) is 6.07 Å². The van der Waals surface area contributed by atoms with Crippen LogP contribution >= 0.6 is 0 Å². The van der Waals surface area contributed by atoms with Crippen LogP contribution in [-0.4, -0.2) is 61.9 Å². The van der Waals surface area contributed by atoms with Crippen molar-refractivity contribution in [3.05, 3.63) is 23.8 Å². The van der Waals surface area contributed by atoms with E-state index in [2.05, 4.69) is 28.1 Å². The molecule has 0 radical (unpaired) electrons. The molecule has 0 aliphatic carbocycles. The number of hydrogen-bond donors (Lipinski definition) is 1. The van der Waals surface area contributed by atoms with Crippen molar-refractivity contribution in [2.24, 2.45) is 0 Å². The van der Waals surface area contributed by atoms with Gasteiger partial charge in [0.15, 0.2) is 11.5 Å². The first-order valence-electron chi connectivity index (χ1n) is 9.19. The normalized spacial score (nSPS) is 17.9. The molecule has 0 bridgehead atoms. The molecule has 1 saturated heterocycles. The maximum atomic E-state index is 12.0. The molecule has 0 aromatic heterocycles. The molecule has 1 fully saturated rings. The van der Waals surface area contributed by atoms with E-state index in [0.29, 0.717) is 25.9 Å². The fraction of sp³-hybridized carbons (Fsp3) is 0.632. The number of fused-ring (bicyclic) bond motifs is 1. The molecule has 6 heteroatoms. The highest BCUT2D eigenvalue weighted by Gasteiger charge is 2.17. The van der Waals surface area contributed by atoms with Gasteiger partial charge in [-0.15, -0.1) is 0 Å². The number of amides is 1. The number of nitrogens with zero attached hydrogens (tertiary/aromatic N) is 2. The van der Waals surface area contributed by atoms with Crippen LogP contribution in [0.3, 0.4) is 0 Å². The molecule has 1 unspecified atom stereocenters. The fourth-order valence-corrected chi connectivity index (χ4v) is 3.29. The largest absolute Gasteiger partial charge is 0.454 e. The van der Waals surface area contributed by atoms with Gasteiger partial charge < -0.3 is 19.7 Å². The molecule has 3 rings (SSSR count). The summed E-state index contributed by atoms with van der Waals surface area (Å²) in [5, 5.41) is 3.03. The Labute approximate surface area is 150 Å². The Morgan fingerprint density at radius 3 is 2.84 bits per heavy atom. The zero-order valence-corrected chi connectivity index (χ0v) is 15.3. The van der Waals surface area contributed by atoms with Crippen LogP contribution in [-0.2, 0) is 11.2 Å². The van der Waals surface area contributed by atoms with E-state index >= 15 is 0 Å². The Balaban J connectivity index is 1.38. The summed E-state index contributed by atoms with van der Waals surface area (Å²) in [4.78, 5) is 16.5. The maximum Gasteiger partial charge on any atom is 0.231 e. The van der Waals surface area contributed by atoms with E-state index in [1.54, 1.807) is 0 Å². The summed E-state index contributed by atoms with van der Waals surface area (Å²) in [6, 6.07) is 6.40.